The van der Waals surface area contributed by atoms with Crippen molar-refractivity contribution in [1.29, 1.82) is 0 Å². The second kappa shape index (κ2) is 3.60. The smallest absolute Gasteiger partial charge is 0.125 e. The van der Waals surface area contributed by atoms with Crippen LogP contribution in [0.25, 0.3) is 0 Å². The molecule has 0 aromatic heterocycles. The first-order valence-electron chi connectivity index (χ1n) is 2.03. The monoisotopic (exact) mass is 139 g/mol. The van der Waals surface area contributed by atoms with E-state index in [2.05, 4.69) is 25.6 Å². The van der Waals surface area contributed by atoms with Crippen LogP contribution in [0.3, 0.4) is 0 Å². The molecule has 0 bridgehead atoms. The Bertz CT molecular complexity index is 50.2. The van der Waals surface area contributed by atoms with Crippen molar-refractivity contribution in [2.75, 3.05) is 0 Å². The summed E-state index contributed by atoms with van der Waals surface area (Å²) in [5.41, 5.74) is 0. The van der Waals surface area contributed by atoms with E-state index in [0.717, 1.165) is 0 Å². The van der Waals surface area contributed by atoms with Gasteiger partial charge in [-0.05, 0) is 6.42 Å². The van der Waals surface area contributed by atoms with Gasteiger partial charge in [-0.15, -0.1) is 0 Å². The quantitative estimate of drug-likeness (QED) is 0.387. The number of hydrogen-bond acceptors (Lipinski definition) is 4. The molecule has 0 rings (SSSR count). The van der Waals surface area contributed by atoms with Crippen molar-refractivity contribution in [3.05, 3.63) is 0 Å². The average Bonchev–Trinajstić information content (AvgIpc) is 1.65. The van der Waals surface area contributed by atoms with Crippen LogP contribution in [0.1, 0.15) is 13.3 Å². The van der Waals surface area contributed by atoms with Gasteiger partial charge in [-0.25, -0.2) is 0 Å². The lowest BCUT2D eigenvalue weighted by atomic mass is 10.5. The summed E-state index contributed by atoms with van der Waals surface area (Å²) < 4.78 is 1.17. The highest BCUT2D eigenvalue weighted by atomic mass is 32.2. The zero-order valence-corrected chi connectivity index (χ0v) is 5.86. The summed E-state index contributed by atoms with van der Waals surface area (Å²) in [6.45, 7) is 1.85. The Hall–Kier alpha value is 0.620. The Morgan fingerprint density at radius 2 is 2.14 bits per heavy atom. The van der Waals surface area contributed by atoms with E-state index in [1.165, 1.54) is 3.71 Å². The molecular formula is C3H9NOS2. The van der Waals surface area contributed by atoms with Gasteiger partial charge >= 0.3 is 0 Å². The first-order valence-corrected chi connectivity index (χ1v) is 2.83. The largest absolute Gasteiger partial charge is 0.377 e. The molecule has 0 saturated heterocycles. The van der Waals surface area contributed by atoms with Crippen molar-refractivity contribution in [3.8, 4) is 0 Å². The lowest BCUT2D eigenvalue weighted by Crippen LogP contribution is -2.16. The molecule has 1 unspecified atom stereocenters. The summed E-state index contributed by atoms with van der Waals surface area (Å²) >= 11 is 7.44. The minimum Gasteiger partial charge on any atom is -0.377 e. The molecule has 0 aromatic rings. The van der Waals surface area contributed by atoms with Crippen molar-refractivity contribution in [1.82, 2.24) is 3.71 Å². The van der Waals surface area contributed by atoms with Crippen molar-refractivity contribution in [2.24, 2.45) is 0 Å². The lowest BCUT2D eigenvalue weighted by Gasteiger charge is -2.11. The minimum atomic E-state index is -0.535. The maximum atomic E-state index is 8.71. The van der Waals surface area contributed by atoms with Gasteiger partial charge in [-0.2, -0.15) is 3.71 Å². The summed E-state index contributed by atoms with van der Waals surface area (Å²) in [5.74, 6) is 0. The van der Waals surface area contributed by atoms with E-state index < -0.39 is 6.23 Å². The third-order valence-corrected chi connectivity index (χ3v) is 1.16. The molecule has 0 heterocycles. The van der Waals surface area contributed by atoms with E-state index in [-0.39, 0.29) is 0 Å². The van der Waals surface area contributed by atoms with Gasteiger partial charge in [0, 0.05) is 0 Å². The van der Waals surface area contributed by atoms with Gasteiger partial charge in [-0.1, -0.05) is 32.6 Å². The van der Waals surface area contributed by atoms with Crippen molar-refractivity contribution in [3.63, 3.8) is 0 Å². The summed E-state index contributed by atoms with van der Waals surface area (Å²) in [4.78, 5) is 0. The second-order valence-corrected chi connectivity index (χ2v) is 2.39. The Kier molecular flexibility index (Phi) is 3.92. The van der Waals surface area contributed by atoms with Gasteiger partial charge in [0.1, 0.15) is 6.23 Å². The Labute approximate surface area is 54.6 Å². The predicted molar refractivity (Wildman–Crippen MR) is 36.1 cm³/mol. The number of aliphatic hydroxyl groups is 1. The molecule has 0 aromatic carbocycles. The molecule has 0 aliphatic heterocycles. The van der Waals surface area contributed by atoms with E-state index in [0.29, 0.717) is 6.42 Å². The van der Waals surface area contributed by atoms with Gasteiger partial charge < -0.3 is 5.11 Å². The van der Waals surface area contributed by atoms with Gasteiger partial charge in [0.05, 0.1) is 0 Å². The minimum absolute atomic E-state index is 0.535. The molecule has 0 fully saturated rings. The van der Waals surface area contributed by atoms with Crippen molar-refractivity contribution in [2.45, 2.75) is 19.6 Å². The summed E-state index contributed by atoms with van der Waals surface area (Å²) in [7, 11) is 0. The number of nitrogens with zero attached hydrogens (tertiary/aromatic N) is 1. The highest BCUT2D eigenvalue weighted by molar-refractivity contribution is 7.93. The van der Waals surface area contributed by atoms with Crippen molar-refractivity contribution < 1.29 is 5.11 Å². The average molecular weight is 139 g/mol. The Morgan fingerprint density at radius 3 is 2.14 bits per heavy atom. The fourth-order valence-electron chi connectivity index (χ4n) is 0.163. The van der Waals surface area contributed by atoms with Crippen LogP contribution in [0.5, 0.6) is 0 Å². The topological polar surface area (TPSA) is 23.5 Å². The SMILES string of the molecule is CCC(O)N(S)S. The van der Waals surface area contributed by atoms with Crippen LogP contribution in [0, 0.1) is 0 Å². The third-order valence-electron chi connectivity index (χ3n) is 0.632. The second-order valence-electron chi connectivity index (χ2n) is 1.21. The fraction of sp³-hybridized carbons (Fsp3) is 1.00. The van der Waals surface area contributed by atoms with E-state index in [4.69, 9.17) is 5.11 Å². The fourth-order valence-corrected chi connectivity index (χ4v) is 0.490. The van der Waals surface area contributed by atoms with Crippen LogP contribution in [0.4, 0.5) is 0 Å². The number of rotatable bonds is 2. The van der Waals surface area contributed by atoms with Gasteiger partial charge in [-0.3, -0.25) is 0 Å². The molecule has 0 aliphatic rings. The molecule has 0 aliphatic carbocycles. The van der Waals surface area contributed by atoms with Crippen LogP contribution >= 0.6 is 25.6 Å². The van der Waals surface area contributed by atoms with E-state index in [9.17, 15) is 0 Å². The molecule has 0 saturated carbocycles. The van der Waals surface area contributed by atoms with Gasteiger partial charge in [0.2, 0.25) is 0 Å². The number of thiol groups is 2. The van der Waals surface area contributed by atoms with E-state index >= 15 is 0 Å². The highest BCUT2D eigenvalue weighted by Gasteiger charge is 2.01. The van der Waals surface area contributed by atoms with Crippen LogP contribution in [-0.2, 0) is 0 Å². The highest BCUT2D eigenvalue weighted by Crippen LogP contribution is 2.04. The molecule has 4 heteroatoms. The van der Waals surface area contributed by atoms with Crippen LogP contribution in [0.2, 0.25) is 0 Å². The first kappa shape index (κ1) is 7.62. The molecular weight excluding hydrogens is 130 g/mol. The summed E-state index contributed by atoms with van der Waals surface area (Å²) in [6.07, 6.45) is 0.110. The number of hydrogen-bond donors (Lipinski definition) is 3. The first-order chi connectivity index (χ1) is 3.18. The summed E-state index contributed by atoms with van der Waals surface area (Å²) in [6, 6.07) is 0. The standard InChI is InChI=1S/C3H9NOS2/c1-2-3(5)4(6)7/h3,5-7H,2H2,1H3. The predicted octanol–water partition coefficient (Wildman–Crippen LogP) is 0.706. The Morgan fingerprint density at radius 1 is 1.71 bits per heavy atom. The molecule has 0 amide bonds. The third kappa shape index (κ3) is 3.22. The number of aliphatic hydroxyl groups excluding tert-OH is 1. The van der Waals surface area contributed by atoms with Gasteiger partial charge in [0.15, 0.2) is 0 Å². The molecule has 0 radical (unpaired) electrons. The van der Waals surface area contributed by atoms with Crippen LogP contribution in [-0.4, -0.2) is 15.0 Å². The molecule has 1 N–H and O–H groups in total. The van der Waals surface area contributed by atoms with Crippen molar-refractivity contribution >= 4 is 25.6 Å². The van der Waals surface area contributed by atoms with E-state index in [1.54, 1.807) is 0 Å². The normalized spacial score (nSPS) is 15.0. The van der Waals surface area contributed by atoms with Crippen LogP contribution in [0.15, 0.2) is 0 Å². The van der Waals surface area contributed by atoms with E-state index in [1.807, 2.05) is 6.92 Å². The molecule has 0 spiro atoms. The lowest BCUT2D eigenvalue weighted by molar-refractivity contribution is 0.119. The molecule has 2 nitrogen and oxygen atoms in total. The summed E-state index contributed by atoms with van der Waals surface area (Å²) in [5, 5.41) is 8.71. The maximum absolute atomic E-state index is 8.71. The van der Waals surface area contributed by atoms with Crippen LogP contribution < -0.4 is 0 Å². The molecule has 1 atom stereocenters. The zero-order chi connectivity index (χ0) is 5.86. The van der Waals surface area contributed by atoms with Gasteiger partial charge in [0.25, 0.3) is 0 Å². The Balaban J connectivity index is 3.14. The maximum Gasteiger partial charge on any atom is 0.125 e. The molecule has 7 heavy (non-hydrogen) atoms. The zero-order valence-electron chi connectivity index (χ0n) is 4.07. The molecule has 44 valence electrons.